The molecular formula is C17H24N4O. The standard InChI is InChI=1S/C17H24N4O/c1-14-7-8-16(19-18-14)20-9-4-10-21(12-11-20)17(22)13-15-5-2-3-6-15/h2,5,7-8,15H,3-4,6,9-13H2,1H3/t15-/m0/s1. The SMILES string of the molecule is Cc1ccc(N2CCCN(C(=O)C[C@H]3C=CCC3)CC2)nn1. The molecule has 118 valence electrons. The van der Waals surface area contributed by atoms with Gasteiger partial charge in [-0.3, -0.25) is 4.79 Å². The number of amides is 1. The molecule has 0 saturated carbocycles. The van der Waals surface area contributed by atoms with Gasteiger partial charge in [-0.2, -0.15) is 5.10 Å². The van der Waals surface area contributed by atoms with E-state index in [0.29, 0.717) is 18.2 Å². The van der Waals surface area contributed by atoms with Crippen molar-refractivity contribution in [1.29, 1.82) is 0 Å². The van der Waals surface area contributed by atoms with Gasteiger partial charge in [0.05, 0.1) is 5.69 Å². The number of anilines is 1. The number of hydrogen-bond acceptors (Lipinski definition) is 4. The van der Waals surface area contributed by atoms with Gasteiger partial charge in [0.2, 0.25) is 5.91 Å². The fourth-order valence-corrected chi connectivity index (χ4v) is 3.18. The maximum absolute atomic E-state index is 12.4. The van der Waals surface area contributed by atoms with Gasteiger partial charge in [-0.25, -0.2) is 0 Å². The van der Waals surface area contributed by atoms with Crippen LogP contribution in [0.5, 0.6) is 0 Å². The van der Waals surface area contributed by atoms with Crippen molar-refractivity contribution in [2.75, 3.05) is 31.1 Å². The third kappa shape index (κ3) is 3.64. The first-order valence-corrected chi connectivity index (χ1v) is 8.22. The van der Waals surface area contributed by atoms with Crippen LogP contribution >= 0.6 is 0 Å². The van der Waals surface area contributed by atoms with Crippen molar-refractivity contribution >= 4 is 11.7 Å². The fraction of sp³-hybridized carbons (Fsp3) is 0.588. The number of rotatable bonds is 3. The summed E-state index contributed by atoms with van der Waals surface area (Å²) in [7, 11) is 0. The highest BCUT2D eigenvalue weighted by Gasteiger charge is 2.22. The molecule has 1 amide bonds. The molecule has 1 aliphatic carbocycles. The number of hydrogen-bond donors (Lipinski definition) is 0. The summed E-state index contributed by atoms with van der Waals surface area (Å²) in [4.78, 5) is 16.7. The second-order valence-electron chi connectivity index (χ2n) is 6.22. The minimum atomic E-state index is 0.299. The van der Waals surface area contributed by atoms with E-state index in [-0.39, 0.29) is 0 Å². The highest BCUT2D eigenvalue weighted by molar-refractivity contribution is 5.76. The van der Waals surface area contributed by atoms with Crippen LogP contribution in [0.1, 0.15) is 31.4 Å². The van der Waals surface area contributed by atoms with Gasteiger partial charge in [-0.05, 0) is 44.2 Å². The molecule has 5 heteroatoms. The average Bonchev–Trinajstić information content (AvgIpc) is 2.90. The molecular weight excluding hydrogens is 276 g/mol. The second-order valence-corrected chi connectivity index (χ2v) is 6.22. The van der Waals surface area contributed by atoms with Gasteiger partial charge >= 0.3 is 0 Å². The van der Waals surface area contributed by atoms with Gasteiger partial charge in [0, 0.05) is 32.6 Å². The molecule has 2 heterocycles. The van der Waals surface area contributed by atoms with E-state index in [0.717, 1.165) is 57.0 Å². The quantitative estimate of drug-likeness (QED) is 0.803. The number of aromatic nitrogens is 2. The van der Waals surface area contributed by atoms with E-state index in [9.17, 15) is 4.79 Å². The van der Waals surface area contributed by atoms with Crippen molar-refractivity contribution in [3.8, 4) is 0 Å². The van der Waals surface area contributed by atoms with Crippen LogP contribution in [0.2, 0.25) is 0 Å². The number of carbonyl (C=O) groups is 1. The first kappa shape index (κ1) is 15.0. The molecule has 0 radical (unpaired) electrons. The number of aryl methyl sites for hydroxylation is 1. The fourth-order valence-electron chi connectivity index (χ4n) is 3.18. The van der Waals surface area contributed by atoms with Crippen molar-refractivity contribution in [2.24, 2.45) is 5.92 Å². The molecule has 0 aromatic carbocycles. The molecule has 0 N–H and O–H groups in total. The van der Waals surface area contributed by atoms with E-state index in [2.05, 4.69) is 27.2 Å². The largest absolute Gasteiger partial charge is 0.353 e. The lowest BCUT2D eigenvalue weighted by molar-refractivity contribution is -0.131. The Hall–Kier alpha value is -1.91. The monoisotopic (exact) mass is 300 g/mol. The van der Waals surface area contributed by atoms with E-state index in [4.69, 9.17) is 0 Å². The highest BCUT2D eigenvalue weighted by Crippen LogP contribution is 2.22. The Kier molecular flexibility index (Phi) is 4.71. The average molecular weight is 300 g/mol. The van der Waals surface area contributed by atoms with Crippen LogP contribution in [-0.4, -0.2) is 47.2 Å². The second kappa shape index (κ2) is 6.90. The summed E-state index contributed by atoms with van der Waals surface area (Å²) in [6.45, 7) is 5.35. The molecule has 0 unspecified atom stereocenters. The van der Waals surface area contributed by atoms with Crippen LogP contribution in [-0.2, 0) is 4.79 Å². The van der Waals surface area contributed by atoms with Crippen molar-refractivity contribution in [2.45, 2.75) is 32.6 Å². The maximum atomic E-state index is 12.4. The predicted molar refractivity (Wildman–Crippen MR) is 86.7 cm³/mol. The van der Waals surface area contributed by atoms with Gasteiger partial charge in [-0.15, -0.1) is 5.10 Å². The molecule has 1 saturated heterocycles. The first-order chi connectivity index (χ1) is 10.7. The normalized spacial score (nSPS) is 22.0. The summed E-state index contributed by atoms with van der Waals surface area (Å²) >= 11 is 0. The topological polar surface area (TPSA) is 49.3 Å². The Morgan fingerprint density at radius 2 is 2.14 bits per heavy atom. The Morgan fingerprint density at radius 1 is 1.23 bits per heavy atom. The smallest absolute Gasteiger partial charge is 0.223 e. The summed E-state index contributed by atoms with van der Waals surface area (Å²) in [6, 6.07) is 4.01. The third-order valence-corrected chi connectivity index (χ3v) is 4.51. The van der Waals surface area contributed by atoms with Gasteiger partial charge in [0.15, 0.2) is 5.82 Å². The summed E-state index contributed by atoms with van der Waals surface area (Å²) in [5, 5.41) is 8.39. The van der Waals surface area contributed by atoms with Crippen LogP contribution in [0.25, 0.3) is 0 Å². The number of carbonyl (C=O) groups excluding carboxylic acids is 1. The Morgan fingerprint density at radius 3 is 2.86 bits per heavy atom. The summed E-state index contributed by atoms with van der Waals surface area (Å²) in [6.07, 6.45) is 8.30. The van der Waals surface area contributed by atoms with Gasteiger partial charge in [-0.1, -0.05) is 12.2 Å². The zero-order chi connectivity index (χ0) is 15.4. The molecule has 0 bridgehead atoms. The number of nitrogens with zero attached hydrogens (tertiary/aromatic N) is 4. The Balaban J connectivity index is 1.56. The molecule has 3 rings (SSSR count). The molecule has 1 atom stereocenters. The molecule has 0 spiro atoms. The summed E-state index contributed by atoms with van der Waals surface area (Å²) in [5.41, 5.74) is 0.931. The van der Waals surface area contributed by atoms with Crippen molar-refractivity contribution in [3.63, 3.8) is 0 Å². The van der Waals surface area contributed by atoms with E-state index in [1.807, 2.05) is 24.0 Å². The van der Waals surface area contributed by atoms with Crippen molar-refractivity contribution < 1.29 is 4.79 Å². The van der Waals surface area contributed by atoms with E-state index in [1.54, 1.807) is 0 Å². The highest BCUT2D eigenvalue weighted by atomic mass is 16.2. The lowest BCUT2D eigenvalue weighted by atomic mass is 10.0. The molecule has 5 nitrogen and oxygen atoms in total. The van der Waals surface area contributed by atoms with Crippen LogP contribution in [0.3, 0.4) is 0 Å². The van der Waals surface area contributed by atoms with E-state index in [1.165, 1.54) is 0 Å². The maximum Gasteiger partial charge on any atom is 0.223 e. The summed E-state index contributed by atoms with van der Waals surface area (Å²) in [5.74, 6) is 1.67. The van der Waals surface area contributed by atoms with Crippen LogP contribution < -0.4 is 4.90 Å². The lowest BCUT2D eigenvalue weighted by Crippen LogP contribution is -2.36. The third-order valence-electron chi connectivity index (χ3n) is 4.51. The zero-order valence-corrected chi connectivity index (χ0v) is 13.2. The Bertz CT molecular complexity index is 540. The van der Waals surface area contributed by atoms with Crippen molar-refractivity contribution in [1.82, 2.24) is 15.1 Å². The minimum absolute atomic E-state index is 0.299. The van der Waals surface area contributed by atoms with Crippen LogP contribution in [0.15, 0.2) is 24.3 Å². The number of allylic oxidation sites excluding steroid dienone is 2. The summed E-state index contributed by atoms with van der Waals surface area (Å²) < 4.78 is 0. The lowest BCUT2D eigenvalue weighted by Gasteiger charge is -2.23. The van der Waals surface area contributed by atoms with Gasteiger partial charge in [0.25, 0.3) is 0 Å². The molecule has 22 heavy (non-hydrogen) atoms. The van der Waals surface area contributed by atoms with Gasteiger partial charge < -0.3 is 9.80 Å². The molecule has 2 aliphatic rings. The van der Waals surface area contributed by atoms with E-state index < -0.39 is 0 Å². The zero-order valence-electron chi connectivity index (χ0n) is 13.2. The van der Waals surface area contributed by atoms with Crippen LogP contribution in [0, 0.1) is 12.8 Å². The van der Waals surface area contributed by atoms with Crippen LogP contribution in [0.4, 0.5) is 5.82 Å². The molecule has 1 aromatic heterocycles. The predicted octanol–water partition coefficient (Wildman–Crippen LogP) is 2.18. The minimum Gasteiger partial charge on any atom is -0.353 e. The van der Waals surface area contributed by atoms with Crippen molar-refractivity contribution in [3.05, 3.63) is 30.0 Å². The van der Waals surface area contributed by atoms with E-state index >= 15 is 0 Å². The first-order valence-electron chi connectivity index (χ1n) is 8.22. The Labute approximate surface area is 132 Å². The van der Waals surface area contributed by atoms with Gasteiger partial charge in [0.1, 0.15) is 0 Å². The molecule has 1 fully saturated rings. The molecule has 1 aliphatic heterocycles. The molecule has 1 aromatic rings.